The van der Waals surface area contributed by atoms with E-state index in [1.807, 2.05) is 26.0 Å². The van der Waals surface area contributed by atoms with Crippen LogP contribution in [0.15, 0.2) is 18.2 Å². The lowest BCUT2D eigenvalue weighted by atomic mass is 10.1. The fourth-order valence-electron chi connectivity index (χ4n) is 1.29. The molecule has 76 valence electrons. The normalized spacial score (nSPS) is 9.86. The van der Waals surface area contributed by atoms with Crippen LogP contribution >= 0.6 is 12.2 Å². The van der Waals surface area contributed by atoms with Crippen molar-refractivity contribution in [3.63, 3.8) is 0 Å². The predicted octanol–water partition coefficient (Wildman–Crippen LogP) is 2.36. The lowest BCUT2D eigenvalue weighted by Crippen LogP contribution is -2.12. The molecular weight excluding hydrogens is 194 g/mol. The average molecular weight is 209 g/mol. The molecule has 2 nitrogen and oxygen atoms in total. The Labute approximate surface area is 90.1 Å². The van der Waals surface area contributed by atoms with E-state index < -0.39 is 0 Å². The van der Waals surface area contributed by atoms with E-state index in [4.69, 9.17) is 22.7 Å². The highest BCUT2D eigenvalue weighted by atomic mass is 32.1. The van der Waals surface area contributed by atoms with Crippen LogP contribution in [0.2, 0.25) is 0 Å². The number of rotatable bonds is 4. The molecule has 0 aliphatic carbocycles. The SMILES string of the molecule is Cc1cc(C)cc(OCCC(N)=S)c1. The maximum Gasteiger partial charge on any atom is 0.119 e. The third-order valence-corrected chi connectivity index (χ3v) is 2.02. The zero-order chi connectivity index (χ0) is 10.6. The van der Waals surface area contributed by atoms with E-state index in [2.05, 4.69) is 6.07 Å². The van der Waals surface area contributed by atoms with E-state index >= 15 is 0 Å². The van der Waals surface area contributed by atoms with Crippen LogP contribution in [0.3, 0.4) is 0 Å². The number of hydrogen-bond donors (Lipinski definition) is 1. The van der Waals surface area contributed by atoms with Gasteiger partial charge in [-0.05, 0) is 37.1 Å². The van der Waals surface area contributed by atoms with Crippen molar-refractivity contribution in [3.8, 4) is 5.75 Å². The van der Waals surface area contributed by atoms with Crippen LogP contribution in [0.4, 0.5) is 0 Å². The molecule has 0 amide bonds. The van der Waals surface area contributed by atoms with Gasteiger partial charge in [0.2, 0.25) is 0 Å². The van der Waals surface area contributed by atoms with Gasteiger partial charge >= 0.3 is 0 Å². The van der Waals surface area contributed by atoms with Crippen molar-refractivity contribution in [2.45, 2.75) is 20.3 Å². The number of ether oxygens (including phenoxy) is 1. The first kappa shape index (κ1) is 11.0. The van der Waals surface area contributed by atoms with E-state index in [1.54, 1.807) is 0 Å². The number of thiocarbonyl (C=S) groups is 1. The van der Waals surface area contributed by atoms with Crippen LogP contribution in [0, 0.1) is 13.8 Å². The second-order valence-corrected chi connectivity index (χ2v) is 3.91. The smallest absolute Gasteiger partial charge is 0.119 e. The highest BCUT2D eigenvalue weighted by Crippen LogP contribution is 2.16. The highest BCUT2D eigenvalue weighted by molar-refractivity contribution is 7.80. The number of hydrogen-bond acceptors (Lipinski definition) is 2. The van der Waals surface area contributed by atoms with Gasteiger partial charge in [0.1, 0.15) is 5.75 Å². The van der Waals surface area contributed by atoms with Crippen LogP contribution in [0.1, 0.15) is 17.5 Å². The summed E-state index contributed by atoms with van der Waals surface area (Å²) in [6.07, 6.45) is 0.627. The minimum absolute atomic E-state index is 0.495. The predicted molar refractivity (Wildman–Crippen MR) is 62.8 cm³/mol. The van der Waals surface area contributed by atoms with Crippen LogP contribution in [0.25, 0.3) is 0 Å². The Morgan fingerprint density at radius 3 is 2.36 bits per heavy atom. The Balaban J connectivity index is 2.54. The molecule has 2 N–H and O–H groups in total. The number of aryl methyl sites for hydroxylation is 2. The minimum Gasteiger partial charge on any atom is -0.493 e. The maximum absolute atomic E-state index is 5.51. The molecule has 1 aromatic rings. The third-order valence-electron chi connectivity index (χ3n) is 1.81. The summed E-state index contributed by atoms with van der Waals surface area (Å²) in [6.45, 7) is 4.65. The molecule has 14 heavy (non-hydrogen) atoms. The van der Waals surface area contributed by atoms with Gasteiger partial charge in [0.15, 0.2) is 0 Å². The summed E-state index contributed by atoms with van der Waals surface area (Å²) in [4.78, 5) is 0.495. The molecule has 0 aromatic heterocycles. The Morgan fingerprint density at radius 1 is 1.29 bits per heavy atom. The molecule has 0 unspecified atom stereocenters. The van der Waals surface area contributed by atoms with Crippen molar-refractivity contribution < 1.29 is 4.74 Å². The molecule has 0 spiro atoms. The van der Waals surface area contributed by atoms with E-state index in [-0.39, 0.29) is 0 Å². The van der Waals surface area contributed by atoms with E-state index in [0.717, 1.165) is 5.75 Å². The molecule has 0 radical (unpaired) electrons. The van der Waals surface area contributed by atoms with Crippen molar-refractivity contribution in [2.24, 2.45) is 5.73 Å². The molecule has 0 saturated carbocycles. The molecular formula is C11H15NOS. The minimum atomic E-state index is 0.495. The van der Waals surface area contributed by atoms with E-state index in [1.165, 1.54) is 11.1 Å². The standard InChI is InChI=1S/C11H15NOS/c1-8-5-9(2)7-10(6-8)13-4-3-11(12)14/h5-7H,3-4H2,1-2H3,(H2,12,14). The summed E-state index contributed by atoms with van der Waals surface area (Å²) < 4.78 is 5.51. The second-order valence-electron chi connectivity index (χ2n) is 3.39. The van der Waals surface area contributed by atoms with Gasteiger partial charge in [-0.25, -0.2) is 0 Å². The largest absolute Gasteiger partial charge is 0.493 e. The topological polar surface area (TPSA) is 35.2 Å². The van der Waals surface area contributed by atoms with Gasteiger partial charge in [-0.2, -0.15) is 0 Å². The second kappa shape index (κ2) is 4.96. The van der Waals surface area contributed by atoms with Crippen LogP contribution in [-0.2, 0) is 0 Å². The van der Waals surface area contributed by atoms with Crippen molar-refractivity contribution in [1.29, 1.82) is 0 Å². The fourth-order valence-corrected chi connectivity index (χ4v) is 1.37. The van der Waals surface area contributed by atoms with Gasteiger partial charge < -0.3 is 10.5 Å². The molecule has 0 fully saturated rings. The fraction of sp³-hybridized carbons (Fsp3) is 0.364. The Hall–Kier alpha value is -1.09. The maximum atomic E-state index is 5.51. The molecule has 0 heterocycles. The van der Waals surface area contributed by atoms with Gasteiger partial charge in [-0.15, -0.1) is 0 Å². The zero-order valence-electron chi connectivity index (χ0n) is 8.54. The lowest BCUT2D eigenvalue weighted by Gasteiger charge is -2.07. The quantitative estimate of drug-likeness (QED) is 0.773. The summed E-state index contributed by atoms with van der Waals surface area (Å²) in [5.41, 5.74) is 7.78. The average Bonchev–Trinajstić information content (AvgIpc) is 2.01. The van der Waals surface area contributed by atoms with Gasteiger partial charge in [0, 0.05) is 6.42 Å². The monoisotopic (exact) mass is 209 g/mol. The summed E-state index contributed by atoms with van der Waals surface area (Å²) in [6, 6.07) is 6.12. The van der Waals surface area contributed by atoms with E-state index in [0.29, 0.717) is 18.0 Å². The Kier molecular flexibility index (Phi) is 3.89. The molecule has 0 aliphatic rings. The van der Waals surface area contributed by atoms with E-state index in [9.17, 15) is 0 Å². The van der Waals surface area contributed by atoms with Crippen LogP contribution < -0.4 is 10.5 Å². The van der Waals surface area contributed by atoms with Crippen LogP contribution in [0.5, 0.6) is 5.75 Å². The molecule has 0 atom stereocenters. The van der Waals surface area contributed by atoms with Gasteiger partial charge in [0.05, 0.1) is 11.6 Å². The first-order valence-corrected chi connectivity index (χ1v) is 4.98. The summed E-state index contributed by atoms with van der Waals surface area (Å²) in [5.74, 6) is 0.888. The summed E-state index contributed by atoms with van der Waals surface area (Å²) >= 11 is 4.76. The third kappa shape index (κ3) is 3.75. The molecule has 0 aliphatic heterocycles. The first-order valence-electron chi connectivity index (χ1n) is 4.57. The van der Waals surface area contributed by atoms with Crippen molar-refractivity contribution in [2.75, 3.05) is 6.61 Å². The van der Waals surface area contributed by atoms with Crippen molar-refractivity contribution in [1.82, 2.24) is 0 Å². The molecule has 1 aromatic carbocycles. The lowest BCUT2D eigenvalue weighted by molar-refractivity contribution is 0.329. The number of benzene rings is 1. The highest BCUT2D eigenvalue weighted by Gasteiger charge is 1.97. The Bertz CT molecular complexity index is 316. The molecule has 0 saturated heterocycles. The van der Waals surface area contributed by atoms with Gasteiger partial charge in [0.25, 0.3) is 0 Å². The molecule has 3 heteroatoms. The number of nitrogens with two attached hydrogens (primary N) is 1. The van der Waals surface area contributed by atoms with Gasteiger partial charge in [-0.3, -0.25) is 0 Å². The summed E-state index contributed by atoms with van der Waals surface area (Å²) in [5, 5.41) is 0. The zero-order valence-corrected chi connectivity index (χ0v) is 9.36. The van der Waals surface area contributed by atoms with Crippen LogP contribution in [-0.4, -0.2) is 11.6 Å². The van der Waals surface area contributed by atoms with Crippen molar-refractivity contribution >= 4 is 17.2 Å². The molecule has 0 bridgehead atoms. The van der Waals surface area contributed by atoms with Crippen molar-refractivity contribution in [3.05, 3.63) is 29.3 Å². The Morgan fingerprint density at radius 2 is 1.86 bits per heavy atom. The van der Waals surface area contributed by atoms with Gasteiger partial charge in [-0.1, -0.05) is 18.3 Å². The molecule has 1 rings (SSSR count). The summed E-state index contributed by atoms with van der Waals surface area (Å²) in [7, 11) is 0. The first-order chi connectivity index (χ1) is 6.58.